The average molecular weight is 283 g/mol. The molecule has 0 radical (unpaired) electrons. The molecule has 1 aliphatic rings. The summed E-state index contributed by atoms with van der Waals surface area (Å²) < 4.78 is 1.05. The predicted molar refractivity (Wildman–Crippen MR) is 73.8 cm³/mol. The summed E-state index contributed by atoms with van der Waals surface area (Å²) in [5, 5.41) is 0. The minimum atomic E-state index is 0.830. The molecule has 1 fully saturated rings. The van der Waals surface area contributed by atoms with Crippen LogP contribution in [-0.4, -0.2) is 13.1 Å². The summed E-state index contributed by atoms with van der Waals surface area (Å²) in [4.78, 5) is 2.43. The van der Waals surface area contributed by atoms with Gasteiger partial charge in [0.1, 0.15) is 0 Å². The van der Waals surface area contributed by atoms with Gasteiger partial charge in [-0.3, -0.25) is 0 Å². The average Bonchev–Trinajstić information content (AvgIpc) is 2.29. The van der Waals surface area contributed by atoms with Gasteiger partial charge in [-0.15, -0.1) is 0 Å². The van der Waals surface area contributed by atoms with Crippen LogP contribution < -0.4 is 10.6 Å². The van der Waals surface area contributed by atoms with Crippen molar-refractivity contribution in [2.45, 2.75) is 26.2 Å². The van der Waals surface area contributed by atoms with E-state index in [1.807, 2.05) is 6.07 Å². The van der Waals surface area contributed by atoms with Crippen molar-refractivity contribution in [3.8, 4) is 0 Å². The van der Waals surface area contributed by atoms with Gasteiger partial charge in [-0.1, -0.05) is 29.3 Å². The zero-order valence-corrected chi connectivity index (χ0v) is 11.3. The van der Waals surface area contributed by atoms with Crippen LogP contribution in [0.2, 0.25) is 0 Å². The minimum absolute atomic E-state index is 0.830. The number of nitrogens with two attached hydrogens (primary N) is 1. The monoisotopic (exact) mass is 282 g/mol. The van der Waals surface area contributed by atoms with E-state index in [9.17, 15) is 0 Å². The standard InChI is InChI=1S/C13H19BrN2/c1-2-10-4-3-7-16(9-10)13-6-5-11(14)8-12(13)15/h5-6,8,10H,2-4,7,9,15H2,1H3. The van der Waals surface area contributed by atoms with Crippen LogP contribution in [0.3, 0.4) is 0 Å². The smallest absolute Gasteiger partial charge is 0.0600 e. The lowest BCUT2D eigenvalue weighted by atomic mass is 9.95. The summed E-state index contributed by atoms with van der Waals surface area (Å²) in [6, 6.07) is 6.18. The second-order valence-electron chi connectivity index (χ2n) is 4.57. The van der Waals surface area contributed by atoms with Gasteiger partial charge in [0.15, 0.2) is 0 Å². The third-order valence-corrected chi connectivity index (χ3v) is 3.92. The first-order valence-electron chi connectivity index (χ1n) is 6.00. The van der Waals surface area contributed by atoms with Crippen molar-refractivity contribution >= 4 is 27.3 Å². The molecule has 0 aliphatic carbocycles. The highest BCUT2D eigenvalue weighted by Gasteiger charge is 2.19. The third kappa shape index (κ3) is 2.51. The largest absolute Gasteiger partial charge is 0.397 e. The maximum Gasteiger partial charge on any atom is 0.0600 e. The van der Waals surface area contributed by atoms with Crippen LogP contribution in [0.5, 0.6) is 0 Å². The van der Waals surface area contributed by atoms with E-state index < -0.39 is 0 Å². The Morgan fingerprint density at radius 1 is 1.50 bits per heavy atom. The van der Waals surface area contributed by atoms with E-state index in [0.717, 1.165) is 29.2 Å². The summed E-state index contributed by atoms with van der Waals surface area (Å²) in [6.45, 7) is 4.57. The van der Waals surface area contributed by atoms with E-state index in [1.165, 1.54) is 24.9 Å². The number of hydrogen-bond donors (Lipinski definition) is 1. The molecule has 1 aliphatic heterocycles. The maximum absolute atomic E-state index is 6.07. The van der Waals surface area contributed by atoms with Crippen molar-refractivity contribution in [2.75, 3.05) is 23.7 Å². The fourth-order valence-electron chi connectivity index (χ4n) is 2.43. The van der Waals surface area contributed by atoms with Gasteiger partial charge in [0.2, 0.25) is 0 Å². The SMILES string of the molecule is CCC1CCCN(c2ccc(Br)cc2N)C1. The number of halogens is 1. The maximum atomic E-state index is 6.07. The van der Waals surface area contributed by atoms with Crippen molar-refractivity contribution in [1.29, 1.82) is 0 Å². The molecule has 0 saturated carbocycles. The molecule has 1 aromatic carbocycles. The van der Waals surface area contributed by atoms with E-state index in [1.54, 1.807) is 0 Å². The molecule has 1 heterocycles. The van der Waals surface area contributed by atoms with E-state index in [2.05, 4.69) is 39.9 Å². The Morgan fingerprint density at radius 2 is 2.31 bits per heavy atom. The van der Waals surface area contributed by atoms with Crippen molar-refractivity contribution in [2.24, 2.45) is 5.92 Å². The molecular formula is C13H19BrN2. The molecule has 0 spiro atoms. The van der Waals surface area contributed by atoms with Crippen molar-refractivity contribution in [3.05, 3.63) is 22.7 Å². The molecular weight excluding hydrogens is 264 g/mol. The van der Waals surface area contributed by atoms with Gasteiger partial charge in [-0.25, -0.2) is 0 Å². The van der Waals surface area contributed by atoms with Gasteiger partial charge >= 0.3 is 0 Å². The molecule has 2 rings (SSSR count). The molecule has 0 amide bonds. The van der Waals surface area contributed by atoms with Gasteiger partial charge in [-0.2, -0.15) is 0 Å². The lowest BCUT2D eigenvalue weighted by molar-refractivity contribution is 0.405. The first-order chi connectivity index (χ1) is 7.70. The minimum Gasteiger partial charge on any atom is -0.397 e. The number of benzene rings is 1. The van der Waals surface area contributed by atoms with E-state index >= 15 is 0 Å². The van der Waals surface area contributed by atoms with E-state index in [-0.39, 0.29) is 0 Å². The van der Waals surface area contributed by atoms with Crippen LogP contribution in [0.1, 0.15) is 26.2 Å². The van der Waals surface area contributed by atoms with Gasteiger partial charge in [-0.05, 0) is 37.0 Å². The molecule has 1 atom stereocenters. The molecule has 1 aromatic rings. The first kappa shape index (κ1) is 11.8. The molecule has 3 heteroatoms. The quantitative estimate of drug-likeness (QED) is 0.839. The molecule has 2 N–H and O–H groups in total. The van der Waals surface area contributed by atoms with Crippen LogP contribution in [-0.2, 0) is 0 Å². The van der Waals surface area contributed by atoms with Crippen LogP contribution in [0.25, 0.3) is 0 Å². The Bertz CT molecular complexity index is 365. The second-order valence-corrected chi connectivity index (χ2v) is 5.48. The summed E-state index contributed by atoms with van der Waals surface area (Å²) in [5.74, 6) is 0.830. The zero-order chi connectivity index (χ0) is 11.5. The summed E-state index contributed by atoms with van der Waals surface area (Å²) in [6.07, 6.45) is 3.92. The number of nitrogen functional groups attached to an aromatic ring is 1. The highest BCUT2D eigenvalue weighted by atomic mass is 79.9. The summed E-state index contributed by atoms with van der Waals surface area (Å²) >= 11 is 3.45. The Morgan fingerprint density at radius 3 is 3.00 bits per heavy atom. The molecule has 2 nitrogen and oxygen atoms in total. The first-order valence-corrected chi connectivity index (χ1v) is 6.80. The van der Waals surface area contributed by atoms with Crippen molar-refractivity contribution in [1.82, 2.24) is 0 Å². The Balaban J connectivity index is 2.16. The zero-order valence-electron chi connectivity index (χ0n) is 9.75. The van der Waals surface area contributed by atoms with Crippen LogP contribution in [0, 0.1) is 5.92 Å². The predicted octanol–water partition coefficient (Wildman–Crippen LogP) is 3.66. The van der Waals surface area contributed by atoms with Gasteiger partial charge < -0.3 is 10.6 Å². The molecule has 88 valence electrons. The van der Waals surface area contributed by atoms with E-state index in [4.69, 9.17) is 5.73 Å². The normalized spacial score (nSPS) is 21.1. The third-order valence-electron chi connectivity index (χ3n) is 3.43. The summed E-state index contributed by atoms with van der Waals surface area (Å²) in [7, 11) is 0. The molecule has 0 aromatic heterocycles. The number of hydrogen-bond acceptors (Lipinski definition) is 2. The van der Waals surface area contributed by atoms with Crippen LogP contribution in [0.4, 0.5) is 11.4 Å². The van der Waals surface area contributed by atoms with E-state index in [0.29, 0.717) is 0 Å². The lowest BCUT2D eigenvalue weighted by Crippen LogP contribution is -2.35. The number of nitrogens with zero attached hydrogens (tertiary/aromatic N) is 1. The molecule has 1 unspecified atom stereocenters. The van der Waals surface area contributed by atoms with Gasteiger partial charge in [0, 0.05) is 17.6 Å². The van der Waals surface area contributed by atoms with Crippen molar-refractivity contribution < 1.29 is 0 Å². The molecule has 1 saturated heterocycles. The number of anilines is 2. The molecule has 0 bridgehead atoms. The van der Waals surface area contributed by atoms with Gasteiger partial charge in [0.25, 0.3) is 0 Å². The Labute approximate surface area is 106 Å². The highest BCUT2D eigenvalue weighted by molar-refractivity contribution is 9.10. The summed E-state index contributed by atoms with van der Waals surface area (Å²) in [5.41, 5.74) is 8.14. The topological polar surface area (TPSA) is 29.3 Å². The van der Waals surface area contributed by atoms with Crippen LogP contribution >= 0.6 is 15.9 Å². The number of piperidine rings is 1. The highest BCUT2D eigenvalue weighted by Crippen LogP contribution is 2.30. The Kier molecular flexibility index (Phi) is 3.74. The fourth-order valence-corrected chi connectivity index (χ4v) is 2.81. The Hall–Kier alpha value is -0.700. The second kappa shape index (κ2) is 5.09. The fraction of sp³-hybridized carbons (Fsp3) is 0.538. The number of rotatable bonds is 2. The van der Waals surface area contributed by atoms with Gasteiger partial charge in [0.05, 0.1) is 11.4 Å². The lowest BCUT2D eigenvalue weighted by Gasteiger charge is -2.34. The van der Waals surface area contributed by atoms with Crippen molar-refractivity contribution in [3.63, 3.8) is 0 Å². The van der Waals surface area contributed by atoms with Crippen LogP contribution in [0.15, 0.2) is 22.7 Å². The molecule has 16 heavy (non-hydrogen) atoms.